The lowest BCUT2D eigenvalue weighted by molar-refractivity contribution is -0.0873. The fraction of sp³-hybridized carbons (Fsp3) is 0.611. The number of benzene rings is 1. The van der Waals surface area contributed by atoms with E-state index in [0.717, 1.165) is 19.5 Å². The van der Waals surface area contributed by atoms with Gasteiger partial charge in [-0.3, -0.25) is 0 Å². The summed E-state index contributed by atoms with van der Waals surface area (Å²) >= 11 is 5.99. The third-order valence-corrected chi connectivity index (χ3v) is 5.48. The third-order valence-electron chi connectivity index (χ3n) is 5.25. The fourth-order valence-electron chi connectivity index (χ4n) is 4.22. The number of halogens is 1. The second-order valence-electron chi connectivity index (χ2n) is 7.13. The van der Waals surface area contributed by atoms with Gasteiger partial charge in [-0.25, -0.2) is 4.79 Å². The van der Waals surface area contributed by atoms with E-state index in [-0.39, 0.29) is 12.1 Å². The first-order chi connectivity index (χ1) is 11.0. The van der Waals surface area contributed by atoms with Crippen molar-refractivity contribution in [1.82, 2.24) is 9.80 Å². The summed E-state index contributed by atoms with van der Waals surface area (Å²) in [6.07, 6.45) is 2.29. The summed E-state index contributed by atoms with van der Waals surface area (Å²) < 4.78 is 5.98. The Balaban J connectivity index is 1.78. The van der Waals surface area contributed by atoms with Gasteiger partial charge in [0.25, 0.3) is 0 Å². The Hall–Kier alpha value is -1.10. The number of likely N-dealkylation sites (tertiary alicyclic amines) is 1. The molecule has 2 bridgehead atoms. The van der Waals surface area contributed by atoms with E-state index in [2.05, 4.69) is 30.9 Å². The molecular formula is C18H25ClN2O2. The largest absolute Gasteiger partial charge is 0.458 e. The molecule has 1 aliphatic carbocycles. The molecule has 0 N–H and O–H groups in total. The van der Waals surface area contributed by atoms with Gasteiger partial charge >= 0.3 is 5.97 Å². The molecule has 1 aromatic carbocycles. The van der Waals surface area contributed by atoms with Crippen LogP contribution in [0.25, 0.3) is 0 Å². The molecule has 1 aromatic rings. The lowest BCUT2D eigenvalue weighted by atomic mass is 9.72. The van der Waals surface area contributed by atoms with Gasteiger partial charge in [0.1, 0.15) is 6.10 Å². The second-order valence-corrected chi connectivity index (χ2v) is 7.57. The van der Waals surface area contributed by atoms with Crippen LogP contribution in [0.15, 0.2) is 24.3 Å². The van der Waals surface area contributed by atoms with Crippen LogP contribution in [-0.2, 0) is 4.74 Å². The van der Waals surface area contributed by atoms with Crippen molar-refractivity contribution in [3.63, 3.8) is 0 Å². The van der Waals surface area contributed by atoms with E-state index in [4.69, 9.17) is 16.3 Å². The second kappa shape index (κ2) is 6.80. The van der Waals surface area contributed by atoms with Crippen LogP contribution in [0.1, 0.15) is 23.2 Å². The lowest BCUT2D eigenvalue weighted by Crippen LogP contribution is -2.59. The van der Waals surface area contributed by atoms with E-state index in [1.807, 2.05) is 0 Å². The number of hydrogen-bond donors (Lipinski definition) is 0. The highest BCUT2D eigenvalue weighted by molar-refractivity contribution is 6.30. The molecule has 0 radical (unpaired) electrons. The van der Waals surface area contributed by atoms with Crippen molar-refractivity contribution in [1.29, 1.82) is 0 Å². The Morgan fingerprint density at radius 3 is 2.78 bits per heavy atom. The number of ether oxygens (including phenoxy) is 1. The summed E-state index contributed by atoms with van der Waals surface area (Å²) in [7, 11) is 6.40. The van der Waals surface area contributed by atoms with E-state index in [1.165, 1.54) is 6.42 Å². The topological polar surface area (TPSA) is 32.8 Å². The SMILES string of the molecule is CN1CC2CC[C@@H](N(C)C)C(C1)[C@@H]2OC(=O)c1cccc(Cl)c1. The molecule has 1 aliphatic heterocycles. The summed E-state index contributed by atoms with van der Waals surface area (Å²) in [5.41, 5.74) is 0.538. The minimum atomic E-state index is -0.253. The zero-order valence-electron chi connectivity index (χ0n) is 14.0. The maximum absolute atomic E-state index is 12.5. The Kier molecular flexibility index (Phi) is 4.95. The highest BCUT2D eigenvalue weighted by Crippen LogP contribution is 2.38. The quantitative estimate of drug-likeness (QED) is 0.795. The van der Waals surface area contributed by atoms with Crippen molar-refractivity contribution in [2.45, 2.75) is 25.0 Å². The number of fused-ring (bicyclic) bond motifs is 2. The molecule has 0 aromatic heterocycles. The molecule has 2 fully saturated rings. The minimum absolute atomic E-state index is 0.00108. The van der Waals surface area contributed by atoms with Crippen LogP contribution in [-0.4, -0.2) is 62.1 Å². The number of piperidine rings is 1. The van der Waals surface area contributed by atoms with Gasteiger partial charge in [0.2, 0.25) is 0 Å². The number of hydrogen-bond acceptors (Lipinski definition) is 4. The highest BCUT2D eigenvalue weighted by Gasteiger charge is 2.46. The van der Waals surface area contributed by atoms with Crippen LogP contribution < -0.4 is 0 Å². The van der Waals surface area contributed by atoms with Gasteiger partial charge in [0.15, 0.2) is 0 Å². The van der Waals surface area contributed by atoms with E-state index < -0.39 is 0 Å². The normalized spacial score (nSPS) is 31.2. The smallest absolute Gasteiger partial charge is 0.338 e. The summed E-state index contributed by atoms with van der Waals surface area (Å²) in [5.74, 6) is 0.542. The standard InChI is InChI=1S/C18H25ClN2O2/c1-20(2)16-8-7-13-10-21(3)11-15(16)17(13)23-18(22)12-5-4-6-14(19)9-12/h4-6,9,13,15-17H,7-8,10-11H2,1-3H3/t13?,15?,16-,17-/m1/s1. The fourth-order valence-corrected chi connectivity index (χ4v) is 4.41. The number of rotatable bonds is 3. The molecule has 126 valence electrons. The Labute approximate surface area is 143 Å². The summed E-state index contributed by atoms with van der Waals surface area (Å²) in [5, 5.41) is 0.564. The van der Waals surface area contributed by atoms with Crippen LogP contribution in [0.4, 0.5) is 0 Å². The molecule has 1 saturated heterocycles. The van der Waals surface area contributed by atoms with Crippen LogP contribution in [0.5, 0.6) is 0 Å². The summed E-state index contributed by atoms with van der Waals surface area (Å²) in [6.45, 7) is 1.98. The predicted octanol–water partition coefficient (Wildman–Crippen LogP) is 2.77. The van der Waals surface area contributed by atoms with Crippen molar-refractivity contribution in [3.8, 4) is 0 Å². The minimum Gasteiger partial charge on any atom is -0.458 e. The molecule has 1 heterocycles. The van der Waals surface area contributed by atoms with Crippen molar-refractivity contribution >= 4 is 17.6 Å². The summed E-state index contributed by atoms with van der Waals surface area (Å²) in [4.78, 5) is 17.2. The molecular weight excluding hydrogens is 312 g/mol. The lowest BCUT2D eigenvalue weighted by Gasteiger charge is -2.50. The predicted molar refractivity (Wildman–Crippen MR) is 91.8 cm³/mol. The van der Waals surface area contributed by atoms with Crippen LogP contribution in [0, 0.1) is 11.8 Å². The van der Waals surface area contributed by atoms with Gasteiger partial charge in [-0.1, -0.05) is 17.7 Å². The first kappa shape index (κ1) is 16.7. The van der Waals surface area contributed by atoms with Gasteiger partial charge in [-0.05, 0) is 52.2 Å². The van der Waals surface area contributed by atoms with E-state index >= 15 is 0 Å². The van der Waals surface area contributed by atoms with E-state index in [9.17, 15) is 4.79 Å². The van der Waals surface area contributed by atoms with Crippen molar-refractivity contribution in [3.05, 3.63) is 34.9 Å². The van der Waals surface area contributed by atoms with Crippen LogP contribution in [0.2, 0.25) is 5.02 Å². The monoisotopic (exact) mass is 336 g/mol. The molecule has 0 amide bonds. The average molecular weight is 337 g/mol. The van der Waals surface area contributed by atoms with Crippen molar-refractivity contribution < 1.29 is 9.53 Å². The zero-order valence-corrected chi connectivity index (χ0v) is 14.8. The summed E-state index contributed by atoms with van der Waals surface area (Å²) in [6, 6.07) is 7.47. The maximum Gasteiger partial charge on any atom is 0.338 e. The van der Waals surface area contributed by atoms with Crippen molar-refractivity contribution in [2.24, 2.45) is 11.8 Å². The van der Waals surface area contributed by atoms with Crippen LogP contribution in [0.3, 0.4) is 0 Å². The maximum atomic E-state index is 12.5. The molecule has 0 spiro atoms. The van der Waals surface area contributed by atoms with E-state index in [0.29, 0.717) is 28.5 Å². The Morgan fingerprint density at radius 2 is 2.09 bits per heavy atom. The molecule has 2 aliphatic rings. The third kappa shape index (κ3) is 3.54. The van der Waals surface area contributed by atoms with Crippen LogP contribution >= 0.6 is 11.6 Å². The Bertz CT molecular complexity index is 578. The van der Waals surface area contributed by atoms with Gasteiger partial charge in [-0.2, -0.15) is 0 Å². The average Bonchev–Trinajstić information content (AvgIpc) is 2.48. The van der Waals surface area contributed by atoms with Gasteiger partial charge in [0, 0.05) is 36.0 Å². The van der Waals surface area contributed by atoms with Gasteiger partial charge < -0.3 is 14.5 Å². The molecule has 23 heavy (non-hydrogen) atoms. The molecule has 4 atom stereocenters. The van der Waals surface area contributed by atoms with Crippen molar-refractivity contribution in [2.75, 3.05) is 34.2 Å². The van der Waals surface area contributed by atoms with Gasteiger partial charge in [-0.15, -0.1) is 0 Å². The molecule has 4 nitrogen and oxygen atoms in total. The first-order valence-electron chi connectivity index (χ1n) is 8.27. The van der Waals surface area contributed by atoms with E-state index in [1.54, 1.807) is 24.3 Å². The number of nitrogens with zero attached hydrogens (tertiary/aromatic N) is 2. The number of carbonyl (C=O) groups is 1. The molecule has 2 unspecified atom stereocenters. The molecule has 5 heteroatoms. The zero-order chi connectivity index (χ0) is 16.6. The number of esters is 1. The van der Waals surface area contributed by atoms with Gasteiger partial charge in [0.05, 0.1) is 5.56 Å². The number of carbonyl (C=O) groups excluding carboxylic acids is 1. The first-order valence-corrected chi connectivity index (χ1v) is 8.65. The molecule has 1 saturated carbocycles. The highest BCUT2D eigenvalue weighted by atomic mass is 35.5. The molecule has 3 rings (SSSR count). The Morgan fingerprint density at radius 1 is 1.30 bits per heavy atom.